The minimum atomic E-state index is 0.799. The first-order valence-corrected chi connectivity index (χ1v) is 10.6. The molecule has 0 atom stereocenters. The third-order valence-electron chi connectivity index (χ3n) is 7.35. The smallest absolute Gasteiger partial charge is 0.0233 e. The van der Waals surface area contributed by atoms with Crippen molar-refractivity contribution in [3.63, 3.8) is 0 Å². The van der Waals surface area contributed by atoms with Crippen LogP contribution < -0.4 is 0 Å². The van der Waals surface area contributed by atoms with Crippen molar-refractivity contribution in [3.05, 3.63) is 24.8 Å². The molecule has 0 nitrogen and oxygen atoms in total. The molecule has 0 saturated heterocycles. The molecule has 3 aliphatic rings. The third-order valence-corrected chi connectivity index (χ3v) is 7.35. The Kier molecular flexibility index (Phi) is 6.43. The van der Waals surface area contributed by atoms with E-state index in [9.17, 15) is 0 Å². The molecule has 0 aromatic rings. The lowest BCUT2D eigenvalue weighted by atomic mass is 9.69. The number of allylic oxidation sites excluding steroid dienone is 3. The molecule has 0 amide bonds. The Morgan fingerprint density at radius 1 is 0.565 bits per heavy atom. The molecular weight excluding hydrogens is 276 g/mol. The summed E-state index contributed by atoms with van der Waals surface area (Å²) in [6, 6.07) is 0. The van der Waals surface area contributed by atoms with E-state index in [1.807, 2.05) is 0 Å². The highest BCUT2D eigenvalue weighted by atomic mass is 14.3. The summed E-state index contributed by atoms with van der Waals surface area (Å²) in [6.45, 7) is 6.41. The Morgan fingerprint density at radius 3 is 1.43 bits per heavy atom. The summed E-state index contributed by atoms with van der Waals surface area (Å²) in [4.78, 5) is 0. The molecule has 0 unspecified atom stereocenters. The second kappa shape index (κ2) is 8.54. The van der Waals surface area contributed by atoms with Crippen LogP contribution in [0.5, 0.6) is 0 Å². The van der Waals surface area contributed by atoms with Crippen LogP contribution >= 0.6 is 0 Å². The summed E-state index contributed by atoms with van der Waals surface area (Å²) in [5.74, 6) is 5.70. The van der Waals surface area contributed by atoms with Gasteiger partial charge in [0.05, 0.1) is 0 Å². The molecule has 3 aliphatic carbocycles. The lowest BCUT2D eigenvalue weighted by molar-refractivity contribution is 0.160. The normalized spacial score (nSPS) is 42.7. The van der Waals surface area contributed by atoms with E-state index in [0.29, 0.717) is 0 Å². The average Bonchev–Trinajstić information content (AvgIpc) is 2.61. The van der Waals surface area contributed by atoms with E-state index < -0.39 is 0 Å². The van der Waals surface area contributed by atoms with Crippen molar-refractivity contribution in [1.82, 2.24) is 0 Å². The molecule has 0 radical (unpaired) electrons. The zero-order valence-electron chi connectivity index (χ0n) is 15.4. The Bertz CT molecular complexity index is 369. The van der Waals surface area contributed by atoms with Gasteiger partial charge in [0.15, 0.2) is 0 Å². The highest BCUT2D eigenvalue weighted by Gasteiger charge is 2.29. The van der Waals surface area contributed by atoms with Crippen molar-refractivity contribution in [1.29, 1.82) is 0 Å². The fourth-order valence-electron chi connectivity index (χ4n) is 5.45. The highest BCUT2D eigenvalue weighted by molar-refractivity contribution is 4.98. The van der Waals surface area contributed by atoms with Gasteiger partial charge in [-0.2, -0.15) is 0 Å². The van der Waals surface area contributed by atoms with Crippen molar-refractivity contribution >= 4 is 0 Å². The quantitative estimate of drug-likeness (QED) is 0.482. The van der Waals surface area contributed by atoms with Gasteiger partial charge in [0.2, 0.25) is 0 Å². The van der Waals surface area contributed by atoms with Gasteiger partial charge >= 0.3 is 0 Å². The molecule has 0 spiro atoms. The Morgan fingerprint density at radius 2 is 0.957 bits per heavy atom. The van der Waals surface area contributed by atoms with Gasteiger partial charge in [-0.25, -0.2) is 0 Å². The highest BCUT2D eigenvalue weighted by Crippen LogP contribution is 2.41. The molecule has 0 aromatic heterocycles. The summed E-state index contributed by atoms with van der Waals surface area (Å²) in [6.07, 6.45) is 24.9. The van der Waals surface area contributed by atoms with Crippen molar-refractivity contribution in [3.8, 4) is 0 Å². The van der Waals surface area contributed by atoms with Gasteiger partial charge in [0.1, 0.15) is 0 Å². The van der Waals surface area contributed by atoms with Gasteiger partial charge in [-0.1, -0.05) is 38.0 Å². The molecule has 23 heavy (non-hydrogen) atoms. The molecule has 0 heterocycles. The lowest BCUT2D eigenvalue weighted by Gasteiger charge is -2.36. The molecule has 3 rings (SSSR count). The third kappa shape index (κ3) is 4.97. The average molecular weight is 315 g/mol. The van der Waals surface area contributed by atoms with Crippen LogP contribution in [-0.2, 0) is 0 Å². The predicted octanol–water partition coefficient (Wildman–Crippen LogP) is 7.17. The van der Waals surface area contributed by atoms with Crippen LogP contribution in [0.4, 0.5) is 0 Å². The largest absolute Gasteiger partial charge is 0.103 e. The maximum Gasteiger partial charge on any atom is -0.0233 e. The standard InChI is InChI=1S/C23H38/c1-3-19-6-8-20(9-7-19)10-11-21-12-16-23(17-13-21)22-14-4-18(2)5-15-22/h3,10-11,18-23H,1,4-9,12-17H2,2H3/b11-10+. The van der Waals surface area contributed by atoms with Crippen LogP contribution in [0, 0.1) is 35.5 Å². The van der Waals surface area contributed by atoms with Crippen LogP contribution in [0.25, 0.3) is 0 Å². The molecule has 0 aliphatic heterocycles. The second-order valence-corrected chi connectivity index (χ2v) is 8.99. The Labute approximate surface area is 144 Å². The van der Waals surface area contributed by atoms with Crippen molar-refractivity contribution in [2.24, 2.45) is 35.5 Å². The van der Waals surface area contributed by atoms with Crippen LogP contribution in [-0.4, -0.2) is 0 Å². The minimum absolute atomic E-state index is 0.799. The first-order chi connectivity index (χ1) is 11.2. The molecule has 0 heteroatoms. The first kappa shape index (κ1) is 17.3. The molecule has 0 bridgehead atoms. The Balaban J connectivity index is 1.37. The monoisotopic (exact) mass is 314 g/mol. The van der Waals surface area contributed by atoms with E-state index >= 15 is 0 Å². The van der Waals surface area contributed by atoms with Gasteiger partial charge in [-0.05, 0) is 99.7 Å². The predicted molar refractivity (Wildman–Crippen MR) is 101 cm³/mol. The van der Waals surface area contributed by atoms with Crippen molar-refractivity contribution in [2.45, 2.75) is 84.0 Å². The van der Waals surface area contributed by atoms with E-state index in [1.54, 1.807) is 0 Å². The SMILES string of the molecule is C=CC1CCC(/C=C/C2CCC(C3CCC(C)CC3)CC2)CC1. The molecule has 3 fully saturated rings. The number of hydrogen-bond acceptors (Lipinski definition) is 0. The zero-order valence-corrected chi connectivity index (χ0v) is 15.4. The van der Waals surface area contributed by atoms with Crippen LogP contribution in [0.15, 0.2) is 24.8 Å². The topological polar surface area (TPSA) is 0 Å². The summed E-state index contributed by atoms with van der Waals surface area (Å²) in [7, 11) is 0. The molecule has 3 saturated carbocycles. The van der Waals surface area contributed by atoms with E-state index in [2.05, 4.69) is 31.7 Å². The van der Waals surface area contributed by atoms with E-state index in [-0.39, 0.29) is 0 Å². The fraction of sp³-hybridized carbons (Fsp3) is 0.826. The van der Waals surface area contributed by atoms with Crippen LogP contribution in [0.2, 0.25) is 0 Å². The molecular formula is C23H38. The first-order valence-electron chi connectivity index (χ1n) is 10.6. The summed E-state index contributed by atoms with van der Waals surface area (Å²) in [5, 5.41) is 0. The van der Waals surface area contributed by atoms with E-state index in [1.165, 1.54) is 77.0 Å². The maximum atomic E-state index is 3.96. The number of rotatable bonds is 4. The van der Waals surface area contributed by atoms with Crippen molar-refractivity contribution in [2.75, 3.05) is 0 Å². The zero-order chi connectivity index (χ0) is 16.1. The number of hydrogen-bond donors (Lipinski definition) is 0. The van der Waals surface area contributed by atoms with Gasteiger partial charge in [-0.15, -0.1) is 6.58 Å². The molecule has 0 aromatic carbocycles. The summed E-state index contributed by atoms with van der Waals surface area (Å²) in [5.41, 5.74) is 0. The van der Waals surface area contributed by atoms with Crippen LogP contribution in [0.1, 0.15) is 84.0 Å². The maximum absolute atomic E-state index is 3.96. The fourth-order valence-corrected chi connectivity index (χ4v) is 5.45. The second-order valence-electron chi connectivity index (χ2n) is 8.99. The minimum Gasteiger partial charge on any atom is -0.103 e. The Hall–Kier alpha value is -0.520. The molecule has 130 valence electrons. The van der Waals surface area contributed by atoms with E-state index in [0.717, 1.165) is 35.5 Å². The van der Waals surface area contributed by atoms with Crippen LogP contribution in [0.3, 0.4) is 0 Å². The van der Waals surface area contributed by atoms with Crippen molar-refractivity contribution < 1.29 is 0 Å². The van der Waals surface area contributed by atoms with Gasteiger partial charge in [-0.3, -0.25) is 0 Å². The lowest BCUT2D eigenvalue weighted by Crippen LogP contribution is -2.24. The van der Waals surface area contributed by atoms with Gasteiger partial charge in [0.25, 0.3) is 0 Å². The summed E-state index contributed by atoms with van der Waals surface area (Å²) >= 11 is 0. The summed E-state index contributed by atoms with van der Waals surface area (Å²) < 4.78 is 0. The molecule has 0 N–H and O–H groups in total. The van der Waals surface area contributed by atoms with E-state index in [4.69, 9.17) is 0 Å². The van der Waals surface area contributed by atoms with Gasteiger partial charge < -0.3 is 0 Å². The van der Waals surface area contributed by atoms with Gasteiger partial charge in [0, 0.05) is 0 Å².